The molecule has 102 valence electrons. The molecule has 0 fully saturated rings. The van der Waals surface area contributed by atoms with E-state index in [2.05, 4.69) is 42.5 Å². The first-order chi connectivity index (χ1) is 9.72. The largest absolute Gasteiger partial charge is 0.358 e. The van der Waals surface area contributed by atoms with E-state index in [1.165, 1.54) is 4.90 Å². The Bertz CT molecular complexity index is 622. The van der Waals surface area contributed by atoms with Gasteiger partial charge < -0.3 is 10.6 Å². The molecule has 0 saturated carbocycles. The molecule has 0 saturated heterocycles. The quantitative estimate of drug-likeness (QED) is 0.636. The Kier molecular flexibility index (Phi) is 5.27. The lowest BCUT2D eigenvalue weighted by Gasteiger charge is -2.09. The van der Waals surface area contributed by atoms with Crippen LogP contribution in [0.1, 0.15) is 0 Å². The van der Waals surface area contributed by atoms with Crippen molar-refractivity contribution < 1.29 is 0 Å². The van der Waals surface area contributed by atoms with Crippen LogP contribution in [-0.4, -0.2) is 22.8 Å². The zero-order valence-corrected chi connectivity index (χ0v) is 13.3. The smallest absolute Gasteiger partial charge is 0.229 e. The zero-order valence-electron chi connectivity index (χ0n) is 10.9. The molecular weight excluding hydrogens is 336 g/mol. The Balaban J connectivity index is 2.14. The maximum absolute atomic E-state index is 5.23. The van der Waals surface area contributed by atoms with Crippen molar-refractivity contribution in [1.29, 1.82) is 0 Å². The summed E-state index contributed by atoms with van der Waals surface area (Å²) < 4.78 is 0.774. The number of nitrogens with zero attached hydrogens (tertiary/aromatic N) is 2. The Hall–Kier alpha value is -1.71. The van der Waals surface area contributed by atoms with E-state index < -0.39 is 0 Å². The number of benzene rings is 1. The summed E-state index contributed by atoms with van der Waals surface area (Å²) in [4.78, 5) is 9.80. The first kappa shape index (κ1) is 14.7. The molecule has 0 radical (unpaired) electrons. The predicted molar refractivity (Wildman–Crippen MR) is 88.6 cm³/mol. The Labute approximate surface area is 130 Å². The van der Waals surface area contributed by atoms with E-state index in [0.717, 1.165) is 10.2 Å². The third-order valence-corrected chi connectivity index (χ3v) is 3.77. The number of hydrogen-bond donors (Lipinski definition) is 2. The van der Waals surface area contributed by atoms with Crippen LogP contribution in [0.2, 0.25) is 0 Å². The van der Waals surface area contributed by atoms with Gasteiger partial charge in [0, 0.05) is 16.8 Å². The second-order valence-corrected chi connectivity index (χ2v) is 5.54. The highest BCUT2D eigenvalue weighted by molar-refractivity contribution is 9.10. The molecular formula is C14H13BrN4S. The zero-order chi connectivity index (χ0) is 14.4. The van der Waals surface area contributed by atoms with Crippen molar-refractivity contribution in [1.82, 2.24) is 9.97 Å². The molecule has 2 aromatic rings. The van der Waals surface area contributed by atoms with E-state index in [9.17, 15) is 0 Å². The van der Waals surface area contributed by atoms with Gasteiger partial charge in [-0.25, -0.2) is 4.98 Å². The molecule has 1 aromatic carbocycles. The molecule has 20 heavy (non-hydrogen) atoms. The van der Waals surface area contributed by atoms with Gasteiger partial charge in [0.15, 0.2) is 0 Å². The number of thioether (sulfide) groups is 1. The molecule has 0 atom stereocenters. The maximum Gasteiger partial charge on any atom is 0.229 e. The second-order valence-electron chi connectivity index (χ2n) is 3.80. The number of nitrogens with one attached hydrogen (secondary N) is 2. The highest BCUT2D eigenvalue weighted by atomic mass is 79.9. The highest BCUT2D eigenvalue weighted by Gasteiger charge is 2.04. The molecule has 1 aromatic heterocycles. The summed E-state index contributed by atoms with van der Waals surface area (Å²) in [5, 5.41) is 6.18. The Morgan fingerprint density at radius 1 is 1.35 bits per heavy atom. The van der Waals surface area contributed by atoms with Crippen LogP contribution < -0.4 is 10.6 Å². The first-order valence-electron chi connectivity index (χ1n) is 5.84. The summed E-state index contributed by atoms with van der Waals surface area (Å²) in [5.74, 6) is 3.70. The van der Waals surface area contributed by atoms with E-state index in [0.29, 0.717) is 18.3 Å². The molecule has 0 bridgehead atoms. The van der Waals surface area contributed by atoms with Crippen molar-refractivity contribution in [2.75, 3.05) is 23.4 Å². The molecule has 4 nitrogen and oxygen atoms in total. The normalized spacial score (nSPS) is 9.85. The molecule has 0 aliphatic rings. The molecule has 0 aliphatic heterocycles. The summed E-state index contributed by atoms with van der Waals surface area (Å²) in [6, 6.07) is 8.07. The van der Waals surface area contributed by atoms with Crippen molar-refractivity contribution in [2.24, 2.45) is 0 Å². The second kappa shape index (κ2) is 7.17. The van der Waals surface area contributed by atoms with E-state index in [1.54, 1.807) is 18.0 Å². The molecule has 6 heteroatoms. The fourth-order valence-electron chi connectivity index (χ4n) is 1.49. The monoisotopic (exact) mass is 348 g/mol. The average Bonchev–Trinajstić information content (AvgIpc) is 2.48. The van der Waals surface area contributed by atoms with Gasteiger partial charge in [0.1, 0.15) is 5.82 Å². The minimum absolute atomic E-state index is 0.414. The molecule has 0 aliphatic carbocycles. The number of aromatic nitrogens is 2. The average molecular weight is 349 g/mol. The summed E-state index contributed by atoms with van der Waals surface area (Å²) in [6.45, 7) is 0.414. The van der Waals surface area contributed by atoms with Crippen LogP contribution in [0.25, 0.3) is 0 Å². The molecule has 2 rings (SSSR count). The van der Waals surface area contributed by atoms with E-state index in [-0.39, 0.29) is 0 Å². The van der Waals surface area contributed by atoms with Crippen LogP contribution in [0.15, 0.2) is 39.8 Å². The minimum atomic E-state index is 0.414. The first-order valence-corrected chi connectivity index (χ1v) is 7.85. The third kappa shape index (κ3) is 3.89. The maximum atomic E-state index is 5.23. The molecule has 2 N–H and O–H groups in total. The van der Waals surface area contributed by atoms with Crippen LogP contribution >= 0.6 is 27.7 Å². The van der Waals surface area contributed by atoms with Crippen LogP contribution in [0.4, 0.5) is 17.5 Å². The van der Waals surface area contributed by atoms with Crippen molar-refractivity contribution in [2.45, 2.75) is 4.90 Å². The number of halogens is 1. The number of anilines is 3. The predicted octanol–water partition coefficient (Wildman–Crippen LogP) is 3.75. The summed E-state index contributed by atoms with van der Waals surface area (Å²) >= 11 is 5.08. The van der Waals surface area contributed by atoms with Crippen LogP contribution in [0.3, 0.4) is 0 Å². The lowest BCUT2D eigenvalue weighted by atomic mass is 10.3. The SMILES string of the molecule is C#CCNc1nc(Nc2ccc(SC)cc2)ncc1Br. The van der Waals surface area contributed by atoms with Gasteiger partial charge in [0.2, 0.25) is 5.95 Å². The van der Waals surface area contributed by atoms with E-state index in [4.69, 9.17) is 6.42 Å². The van der Waals surface area contributed by atoms with Gasteiger partial charge in [0.25, 0.3) is 0 Å². The van der Waals surface area contributed by atoms with Crippen LogP contribution in [-0.2, 0) is 0 Å². The number of rotatable bonds is 5. The van der Waals surface area contributed by atoms with Gasteiger partial charge in [-0.2, -0.15) is 4.98 Å². The van der Waals surface area contributed by atoms with Crippen molar-refractivity contribution >= 4 is 45.1 Å². The van der Waals surface area contributed by atoms with Gasteiger partial charge in [-0.15, -0.1) is 18.2 Å². The molecule has 1 heterocycles. The van der Waals surface area contributed by atoms with E-state index in [1.807, 2.05) is 30.5 Å². The lowest BCUT2D eigenvalue weighted by Crippen LogP contribution is -2.05. The molecule has 0 amide bonds. The highest BCUT2D eigenvalue weighted by Crippen LogP contribution is 2.23. The van der Waals surface area contributed by atoms with Gasteiger partial charge >= 0.3 is 0 Å². The summed E-state index contributed by atoms with van der Waals surface area (Å²) in [7, 11) is 0. The van der Waals surface area contributed by atoms with Gasteiger partial charge in [-0.1, -0.05) is 5.92 Å². The fourth-order valence-corrected chi connectivity index (χ4v) is 2.23. The lowest BCUT2D eigenvalue weighted by molar-refractivity contribution is 1.13. The topological polar surface area (TPSA) is 49.8 Å². The van der Waals surface area contributed by atoms with Gasteiger partial charge in [0.05, 0.1) is 11.0 Å². The standard InChI is InChI=1S/C14H13BrN4S/c1-3-8-16-13-12(15)9-17-14(19-13)18-10-4-6-11(20-2)7-5-10/h1,4-7,9H,8H2,2H3,(H2,16,17,18,19). The van der Waals surface area contributed by atoms with Crippen molar-refractivity contribution in [3.63, 3.8) is 0 Å². The molecule has 0 spiro atoms. The van der Waals surface area contributed by atoms with Gasteiger partial charge in [-0.05, 0) is 46.5 Å². The van der Waals surface area contributed by atoms with Crippen LogP contribution in [0.5, 0.6) is 0 Å². The Morgan fingerprint density at radius 2 is 2.10 bits per heavy atom. The van der Waals surface area contributed by atoms with Crippen molar-refractivity contribution in [3.05, 3.63) is 34.9 Å². The summed E-state index contributed by atoms with van der Waals surface area (Å²) in [5.41, 5.74) is 0.938. The van der Waals surface area contributed by atoms with Gasteiger partial charge in [-0.3, -0.25) is 0 Å². The van der Waals surface area contributed by atoms with Crippen LogP contribution in [0, 0.1) is 12.3 Å². The van der Waals surface area contributed by atoms with E-state index >= 15 is 0 Å². The third-order valence-electron chi connectivity index (χ3n) is 2.45. The Morgan fingerprint density at radius 3 is 2.75 bits per heavy atom. The number of hydrogen-bond acceptors (Lipinski definition) is 5. The molecule has 0 unspecified atom stereocenters. The number of terminal acetylenes is 1. The fraction of sp³-hybridized carbons (Fsp3) is 0.143. The van der Waals surface area contributed by atoms with Crippen molar-refractivity contribution in [3.8, 4) is 12.3 Å². The minimum Gasteiger partial charge on any atom is -0.358 e. The summed E-state index contributed by atoms with van der Waals surface area (Å²) in [6.07, 6.45) is 8.96.